The number of benzene rings is 1. The fourth-order valence-electron chi connectivity index (χ4n) is 4.76. The number of nitriles is 2. The molecule has 2 N–H and O–H groups in total. The highest BCUT2D eigenvalue weighted by Crippen LogP contribution is 2.37. The lowest BCUT2D eigenvalue weighted by molar-refractivity contribution is -0.140. The molecular formula is C25H26ClN9O2. The number of fused-ring (bicyclic) bond motifs is 1. The van der Waals surface area contributed by atoms with Crippen LogP contribution in [0.3, 0.4) is 0 Å². The van der Waals surface area contributed by atoms with Crippen LogP contribution in [0.2, 0.25) is 5.02 Å². The Morgan fingerprint density at radius 2 is 1.95 bits per heavy atom. The molecule has 0 radical (unpaired) electrons. The standard InChI is InChI=1S/C25H26ClN9O2/c1-25(13-36-14-25)34-6-4-18(5-7-34)37-20-9-15(10-27)8-19(21(20)26)31-24-32-22(30-16-2-3-16)23-29-12-17(11-28)35(23)33-24/h8-9,12,16,18H,2-7,13-14H2,1H3,(H2,30,31,32,33). The van der Waals surface area contributed by atoms with Gasteiger partial charge in [0.25, 0.3) is 0 Å². The summed E-state index contributed by atoms with van der Waals surface area (Å²) in [4.78, 5) is 11.3. The Labute approximate surface area is 219 Å². The van der Waals surface area contributed by atoms with E-state index in [-0.39, 0.29) is 23.3 Å². The topological polar surface area (TPSA) is 136 Å². The van der Waals surface area contributed by atoms with Crippen molar-refractivity contribution in [1.29, 1.82) is 10.5 Å². The smallest absolute Gasteiger partial charge is 0.247 e. The number of hydrogen-bond donors (Lipinski definition) is 2. The summed E-state index contributed by atoms with van der Waals surface area (Å²) in [5.74, 6) is 1.19. The van der Waals surface area contributed by atoms with Crippen molar-refractivity contribution in [3.8, 4) is 17.9 Å². The molecule has 1 aromatic carbocycles. The molecular weight excluding hydrogens is 494 g/mol. The van der Waals surface area contributed by atoms with Crippen molar-refractivity contribution in [3.63, 3.8) is 0 Å². The van der Waals surface area contributed by atoms with Gasteiger partial charge in [0.1, 0.15) is 22.9 Å². The highest BCUT2D eigenvalue weighted by molar-refractivity contribution is 6.34. The normalized spacial score (nSPS) is 19.6. The summed E-state index contributed by atoms with van der Waals surface area (Å²) in [6.07, 6.45) is 5.27. The monoisotopic (exact) mass is 519 g/mol. The average Bonchev–Trinajstić information content (AvgIpc) is 3.61. The number of hydrogen-bond acceptors (Lipinski definition) is 10. The molecule has 12 heteroatoms. The first-order valence-corrected chi connectivity index (χ1v) is 12.8. The van der Waals surface area contributed by atoms with Crippen molar-refractivity contribution >= 4 is 34.7 Å². The highest BCUT2D eigenvalue weighted by Gasteiger charge is 2.41. The molecule has 4 heterocycles. The van der Waals surface area contributed by atoms with E-state index >= 15 is 0 Å². The summed E-state index contributed by atoms with van der Waals surface area (Å²) in [6.45, 7) is 5.61. The van der Waals surface area contributed by atoms with Gasteiger partial charge in [-0.05, 0) is 44.7 Å². The van der Waals surface area contributed by atoms with E-state index < -0.39 is 0 Å². The SMILES string of the molecule is CC1(N2CCC(Oc3cc(C#N)cc(Nc4nc(NC5CC5)c5ncc(C#N)n5n4)c3Cl)CC2)COC1. The predicted octanol–water partition coefficient (Wildman–Crippen LogP) is 3.47. The van der Waals surface area contributed by atoms with Crippen LogP contribution in [-0.4, -0.2) is 68.5 Å². The van der Waals surface area contributed by atoms with Gasteiger partial charge in [0.2, 0.25) is 5.95 Å². The summed E-state index contributed by atoms with van der Waals surface area (Å²) >= 11 is 6.76. The number of ether oxygens (including phenoxy) is 2. The lowest BCUT2D eigenvalue weighted by atomic mass is 9.94. The molecule has 0 bridgehead atoms. The van der Waals surface area contributed by atoms with Gasteiger partial charge >= 0.3 is 0 Å². The van der Waals surface area contributed by atoms with Crippen molar-refractivity contribution in [2.45, 2.75) is 50.3 Å². The van der Waals surface area contributed by atoms with E-state index in [0.29, 0.717) is 39.5 Å². The van der Waals surface area contributed by atoms with Crippen molar-refractivity contribution in [2.75, 3.05) is 36.9 Å². The molecule has 2 aliphatic heterocycles. The second-order valence-electron chi connectivity index (χ2n) is 10.1. The fraction of sp³-hybridized carbons (Fsp3) is 0.480. The van der Waals surface area contributed by atoms with Crippen molar-refractivity contribution in [1.82, 2.24) is 24.5 Å². The summed E-state index contributed by atoms with van der Waals surface area (Å²) in [5.41, 5.74) is 1.73. The molecule has 3 aliphatic rings. The number of nitrogens with zero attached hydrogens (tertiary/aromatic N) is 7. The predicted molar refractivity (Wildman–Crippen MR) is 136 cm³/mol. The third-order valence-corrected chi connectivity index (χ3v) is 7.52. The molecule has 0 atom stereocenters. The number of nitrogens with one attached hydrogen (secondary N) is 2. The lowest BCUT2D eigenvalue weighted by Crippen LogP contribution is -2.62. The highest BCUT2D eigenvalue weighted by atomic mass is 35.5. The third kappa shape index (κ3) is 4.62. The van der Waals surface area contributed by atoms with E-state index in [4.69, 9.17) is 21.1 Å². The average molecular weight is 520 g/mol. The van der Waals surface area contributed by atoms with Crippen molar-refractivity contribution in [3.05, 3.63) is 34.6 Å². The maximum absolute atomic E-state index is 9.65. The van der Waals surface area contributed by atoms with Crippen LogP contribution in [0.25, 0.3) is 5.65 Å². The zero-order valence-electron chi connectivity index (χ0n) is 20.4. The molecule has 190 valence electrons. The Bertz CT molecular complexity index is 1430. The molecule has 3 fully saturated rings. The van der Waals surface area contributed by atoms with E-state index in [0.717, 1.165) is 52.0 Å². The van der Waals surface area contributed by atoms with Gasteiger partial charge in [0.05, 0.1) is 42.3 Å². The molecule has 1 saturated carbocycles. The number of likely N-dealkylation sites (tertiary alicyclic amines) is 1. The van der Waals surface area contributed by atoms with Gasteiger partial charge in [-0.2, -0.15) is 20.0 Å². The third-order valence-electron chi connectivity index (χ3n) is 7.13. The molecule has 11 nitrogen and oxygen atoms in total. The maximum Gasteiger partial charge on any atom is 0.247 e. The van der Waals surface area contributed by atoms with Crippen LogP contribution in [0.4, 0.5) is 17.5 Å². The first-order chi connectivity index (χ1) is 18.0. The largest absolute Gasteiger partial charge is 0.489 e. The molecule has 3 aromatic rings. The number of imidazole rings is 1. The summed E-state index contributed by atoms with van der Waals surface area (Å²) in [7, 11) is 0. The number of rotatable bonds is 7. The fourth-order valence-corrected chi connectivity index (χ4v) is 4.96. The van der Waals surface area contributed by atoms with Crippen LogP contribution in [0.15, 0.2) is 18.3 Å². The van der Waals surface area contributed by atoms with Crippen LogP contribution in [0, 0.1) is 22.7 Å². The Morgan fingerprint density at radius 1 is 1.16 bits per heavy atom. The zero-order valence-corrected chi connectivity index (χ0v) is 21.1. The van der Waals surface area contributed by atoms with Gasteiger partial charge in [-0.25, -0.2) is 4.98 Å². The zero-order chi connectivity index (χ0) is 25.6. The van der Waals surface area contributed by atoms with Crippen LogP contribution < -0.4 is 15.4 Å². The van der Waals surface area contributed by atoms with E-state index in [1.54, 1.807) is 12.1 Å². The van der Waals surface area contributed by atoms with E-state index in [9.17, 15) is 10.5 Å². The second kappa shape index (κ2) is 9.34. The van der Waals surface area contributed by atoms with Gasteiger partial charge < -0.3 is 20.1 Å². The van der Waals surface area contributed by atoms with Crippen molar-refractivity contribution in [2.24, 2.45) is 0 Å². The van der Waals surface area contributed by atoms with E-state index in [1.165, 1.54) is 10.7 Å². The quantitative estimate of drug-likeness (QED) is 0.477. The molecule has 37 heavy (non-hydrogen) atoms. The molecule has 0 amide bonds. The van der Waals surface area contributed by atoms with Gasteiger partial charge in [-0.15, -0.1) is 5.10 Å². The molecule has 2 aromatic heterocycles. The molecule has 6 rings (SSSR count). The maximum atomic E-state index is 9.65. The Kier molecular flexibility index (Phi) is 6.00. The first kappa shape index (κ1) is 23.7. The molecule has 1 aliphatic carbocycles. The van der Waals surface area contributed by atoms with E-state index in [2.05, 4.69) is 49.7 Å². The molecule has 0 unspecified atom stereocenters. The van der Waals surface area contributed by atoms with Crippen LogP contribution in [0.5, 0.6) is 5.75 Å². The molecule has 0 spiro atoms. The Balaban J connectivity index is 1.25. The van der Waals surface area contributed by atoms with Crippen LogP contribution in [0.1, 0.15) is 43.9 Å². The Hall–Kier alpha value is -3.64. The number of anilines is 3. The van der Waals surface area contributed by atoms with Gasteiger partial charge in [0.15, 0.2) is 17.2 Å². The summed E-state index contributed by atoms with van der Waals surface area (Å²) < 4.78 is 13.2. The van der Waals surface area contributed by atoms with Gasteiger partial charge in [-0.3, -0.25) is 4.90 Å². The van der Waals surface area contributed by atoms with Gasteiger partial charge in [-0.1, -0.05) is 11.6 Å². The van der Waals surface area contributed by atoms with Crippen LogP contribution >= 0.6 is 11.6 Å². The summed E-state index contributed by atoms with van der Waals surface area (Å²) in [5, 5.41) is 30.4. The van der Waals surface area contributed by atoms with E-state index in [1.807, 2.05) is 0 Å². The Morgan fingerprint density at radius 3 is 2.59 bits per heavy atom. The van der Waals surface area contributed by atoms with Gasteiger partial charge in [0, 0.05) is 19.1 Å². The molecule has 2 saturated heterocycles. The number of halogens is 1. The summed E-state index contributed by atoms with van der Waals surface area (Å²) in [6, 6.07) is 7.89. The minimum absolute atomic E-state index is 0.00813. The number of aromatic nitrogens is 4. The van der Waals surface area contributed by atoms with Crippen LogP contribution in [-0.2, 0) is 4.74 Å². The minimum Gasteiger partial charge on any atom is -0.489 e. The minimum atomic E-state index is -0.00813. The van der Waals surface area contributed by atoms with Crippen molar-refractivity contribution < 1.29 is 9.47 Å². The number of piperidine rings is 1. The second-order valence-corrected chi connectivity index (χ2v) is 10.4. The lowest BCUT2D eigenvalue weighted by Gasteiger charge is -2.49. The first-order valence-electron chi connectivity index (χ1n) is 12.4.